The van der Waals surface area contributed by atoms with E-state index in [1.807, 2.05) is 0 Å². The highest BCUT2D eigenvalue weighted by Gasteiger charge is 2.55. The van der Waals surface area contributed by atoms with Gasteiger partial charge < -0.3 is 11.5 Å². The van der Waals surface area contributed by atoms with Gasteiger partial charge in [0, 0.05) is 6.42 Å². The average molecular weight is 240 g/mol. The Hall–Kier alpha value is -1.06. The Balaban J connectivity index is 2.01. The van der Waals surface area contributed by atoms with E-state index in [0.717, 1.165) is 44.9 Å². The first-order valence-electron chi connectivity index (χ1n) is 6.57. The van der Waals surface area contributed by atoms with Crippen LogP contribution in [0.15, 0.2) is 0 Å². The summed E-state index contributed by atoms with van der Waals surface area (Å²) in [6.45, 7) is 2.09. The third-order valence-corrected chi connectivity index (χ3v) is 3.99. The van der Waals surface area contributed by atoms with Crippen molar-refractivity contribution < 1.29 is 9.59 Å². The summed E-state index contributed by atoms with van der Waals surface area (Å²) in [7, 11) is 0. The molecule has 4 heteroatoms. The van der Waals surface area contributed by atoms with Gasteiger partial charge in [-0.2, -0.15) is 0 Å². The molecule has 1 aliphatic rings. The lowest BCUT2D eigenvalue weighted by Gasteiger charge is -2.11. The standard InChI is InChI=1S/C13H24N2O2/c1-10-9-13(10,12(15)17)8-6-4-2-3-5-7-11(14)16/h10H,2-9H2,1H3,(H2,14,16)(H2,15,17). The lowest BCUT2D eigenvalue weighted by atomic mass is 9.94. The van der Waals surface area contributed by atoms with Gasteiger partial charge in [0.25, 0.3) is 0 Å². The molecule has 1 rings (SSSR count). The van der Waals surface area contributed by atoms with Crippen LogP contribution >= 0.6 is 0 Å². The largest absolute Gasteiger partial charge is 0.370 e. The average Bonchev–Trinajstić information content (AvgIpc) is 2.89. The molecule has 1 aliphatic carbocycles. The van der Waals surface area contributed by atoms with Crippen LogP contribution in [0.3, 0.4) is 0 Å². The van der Waals surface area contributed by atoms with E-state index in [1.54, 1.807) is 0 Å². The monoisotopic (exact) mass is 240 g/mol. The molecule has 2 atom stereocenters. The maximum Gasteiger partial charge on any atom is 0.223 e. The molecule has 2 amide bonds. The summed E-state index contributed by atoms with van der Waals surface area (Å²) in [6.07, 6.45) is 7.58. The molecule has 0 radical (unpaired) electrons. The van der Waals surface area contributed by atoms with E-state index in [0.29, 0.717) is 12.3 Å². The number of carbonyl (C=O) groups is 2. The predicted molar refractivity (Wildman–Crippen MR) is 66.9 cm³/mol. The van der Waals surface area contributed by atoms with Crippen molar-refractivity contribution in [3.8, 4) is 0 Å². The molecular formula is C13H24N2O2. The van der Waals surface area contributed by atoms with Crippen LogP contribution in [0.25, 0.3) is 0 Å². The van der Waals surface area contributed by atoms with Crippen molar-refractivity contribution in [2.45, 2.75) is 58.3 Å². The van der Waals surface area contributed by atoms with E-state index in [4.69, 9.17) is 11.5 Å². The lowest BCUT2D eigenvalue weighted by Crippen LogP contribution is -2.26. The van der Waals surface area contributed by atoms with Crippen LogP contribution in [0, 0.1) is 11.3 Å². The van der Waals surface area contributed by atoms with Gasteiger partial charge in [-0.15, -0.1) is 0 Å². The van der Waals surface area contributed by atoms with E-state index < -0.39 is 0 Å². The summed E-state index contributed by atoms with van der Waals surface area (Å²) in [5.74, 6) is 0.123. The van der Waals surface area contributed by atoms with Gasteiger partial charge in [-0.1, -0.05) is 32.6 Å². The van der Waals surface area contributed by atoms with Gasteiger partial charge in [0.05, 0.1) is 5.41 Å². The maximum atomic E-state index is 11.3. The Labute approximate surface area is 103 Å². The molecular weight excluding hydrogens is 216 g/mol. The Morgan fingerprint density at radius 1 is 1.12 bits per heavy atom. The normalized spacial score (nSPS) is 26.8. The molecule has 0 aliphatic heterocycles. The van der Waals surface area contributed by atoms with Gasteiger partial charge in [0.15, 0.2) is 0 Å². The number of unbranched alkanes of at least 4 members (excludes halogenated alkanes) is 4. The van der Waals surface area contributed by atoms with Crippen molar-refractivity contribution in [2.24, 2.45) is 22.8 Å². The van der Waals surface area contributed by atoms with Crippen molar-refractivity contribution in [3.63, 3.8) is 0 Å². The molecule has 0 heterocycles. The number of hydrogen-bond acceptors (Lipinski definition) is 2. The maximum absolute atomic E-state index is 11.3. The minimum absolute atomic E-state index is 0.126. The predicted octanol–water partition coefficient (Wildman–Crippen LogP) is 1.71. The first-order valence-corrected chi connectivity index (χ1v) is 6.57. The molecule has 0 bridgehead atoms. The Kier molecular flexibility index (Phi) is 4.97. The van der Waals surface area contributed by atoms with E-state index in [2.05, 4.69) is 6.92 Å². The molecule has 0 spiro atoms. The van der Waals surface area contributed by atoms with Crippen molar-refractivity contribution in [3.05, 3.63) is 0 Å². The summed E-state index contributed by atoms with van der Waals surface area (Å²) in [4.78, 5) is 21.8. The summed E-state index contributed by atoms with van der Waals surface area (Å²) in [5, 5.41) is 0. The zero-order valence-corrected chi connectivity index (χ0v) is 10.7. The van der Waals surface area contributed by atoms with E-state index in [-0.39, 0.29) is 17.2 Å². The van der Waals surface area contributed by atoms with Crippen LogP contribution in [0.2, 0.25) is 0 Å². The lowest BCUT2D eigenvalue weighted by molar-refractivity contribution is -0.124. The zero-order valence-electron chi connectivity index (χ0n) is 10.7. The van der Waals surface area contributed by atoms with E-state index >= 15 is 0 Å². The number of hydrogen-bond donors (Lipinski definition) is 2. The number of primary amides is 2. The second-order valence-corrected chi connectivity index (χ2v) is 5.36. The quantitative estimate of drug-likeness (QED) is 0.601. The number of rotatable bonds is 9. The molecule has 17 heavy (non-hydrogen) atoms. The minimum Gasteiger partial charge on any atom is -0.370 e. The molecule has 0 aromatic rings. The van der Waals surface area contributed by atoms with Gasteiger partial charge in [-0.3, -0.25) is 9.59 Å². The summed E-state index contributed by atoms with van der Waals surface area (Å²) in [6, 6.07) is 0. The molecule has 98 valence electrons. The minimum atomic E-state index is -0.218. The molecule has 1 fully saturated rings. The van der Waals surface area contributed by atoms with Gasteiger partial charge in [0.2, 0.25) is 11.8 Å². The molecule has 1 saturated carbocycles. The fraction of sp³-hybridized carbons (Fsp3) is 0.846. The Morgan fingerprint density at radius 2 is 1.65 bits per heavy atom. The van der Waals surface area contributed by atoms with Crippen molar-refractivity contribution in [2.75, 3.05) is 0 Å². The third kappa shape index (κ3) is 4.02. The van der Waals surface area contributed by atoms with Gasteiger partial charge in [-0.25, -0.2) is 0 Å². The van der Waals surface area contributed by atoms with Crippen molar-refractivity contribution >= 4 is 11.8 Å². The highest BCUT2D eigenvalue weighted by Crippen LogP contribution is 2.55. The zero-order chi connectivity index (χ0) is 12.9. The summed E-state index contributed by atoms with van der Waals surface area (Å²) < 4.78 is 0. The fourth-order valence-electron chi connectivity index (χ4n) is 2.57. The second kappa shape index (κ2) is 6.03. The topological polar surface area (TPSA) is 86.2 Å². The third-order valence-electron chi connectivity index (χ3n) is 3.99. The van der Waals surface area contributed by atoms with Crippen LogP contribution in [0.4, 0.5) is 0 Å². The SMILES string of the molecule is CC1CC1(CCCCCCCC(N)=O)C(N)=O. The van der Waals surface area contributed by atoms with E-state index in [1.165, 1.54) is 0 Å². The second-order valence-electron chi connectivity index (χ2n) is 5.36. The molecule has 4 nitrogen and oxygen atoms in total. The van der Waals surface area contributed by atoms with Crippen LogP contribution in [0.5, 0.6) is 0 Å². The molecule has 2 unspecified atom stereocenters. The number of amides is 2. The van der Waals surface area contributed by atoms with Crippen molar-refractivity contribution in [1.82, 2.24) is 0 Å². The fourth-order valence-corrected chi connectivity index (χ4v) is 2.57. The molecule has 0 aromatic heterocycles. The highest BCUT2D eigenvalue weighted by molar-refractivity contribution is 5.84. The number of carbonyl (C=O) groups excluding carboxylic acids is 2. The van der Waals surface area contributed by atoms with Crippen LogP contribution < -0.4 is 11.5 Å². The van der Waals surface area contributed by atoms with Gasteiger partial charge in [-0.05, 0) is 25.2 Å². The Bertz CT molecular complexity index is 291. The first kappa shape index (κ1) is 14.0. The first-order chi connectivity index (χ1) is 7.99. The number of nitrogens with two attached hydrogens (primary N) is 2. The van der Waals surface area contributed by atoms with Crippen LogP contribution in [-0.4, -0.2) is 11.8 Å². The molecule has 4 N–H and O–H groups in total. The van der Waals surface area contributed by atoms with E-state index in [9.17, 15) is 9.59 Å². The van der Waals surface area contributed by atoms with Gasteiger partial charge in [0.1, 0.15) is 0 Å². The molecule has 0 saturated heterocycles. The highest BCUT2D eigenvalue weighted by atomic mass is 16.1. The molecule has 0 aromatic carbocycles. The summed E-state index contributed by atoms with van der Waals surface area (Å²) in [5.41, 5.74) is 10.3. The summed E-state index contributed by atoms with van der Waals surface area (Å²) >= 11 is 0. The van der Waals surface area contributed by atoms with Crippen LogP contribution in [0.1, 0.15) is 58.3 Å². The van der Waals surface area contributed by atoms with Gasteiger partial charge >= 0.3 is 0 Å². The smallest absolute Gasteiger partial charge is 0.223 e. The van der Waals surface area contributed by atoms with Crippen molar-refractivity contribution in [1.29, 1.82) is 0 Å². The Morgan fingerprint density at radius 3 is 2.12 bits per heavy atom. The van der Waals surface area contributed by atoms with Crippen LogP contribution in [-0.2, 0) is 9.59 Å².